The first kappa shape index (κ1) is 10.4. The van der Waals surface area contributed by atoms with E-state index in [1.807, 2.05) is 0 Å². The second-order valence-electron chi connectivity index (χ2n) is 4.90. The van der Waals surface area contributed by atoms with E-state index in [1.165, 1.54) is 25.7 Å². The van der Waals surface area contributed by atoms with Crippen LogP contribution in [0.2, 0.25) is 0 Å². The SMILES string of the molecule is CCCC1(CNC2CS(=O)(=O)C2)CC1. The van der Waals surface area contributed by atoms with Crippen molar-refractivity contribution in [1.82, 2.24) is 5.32 Å². The van der Waals surface area contributed by atoms with Gasteiger partial charge in [0.1, 0.15) is 0 Å². The Hall–Kier alpha value is -0.0900. The lowest BCUT2D eigenvalue weighted by Crippen LogP contribution is -2.52. The summed E-state index contributed by atoms with van der Waals surface area (Å²) in [4.78, 5) is 0. The lowest BCUT2D eigenvalue weighted by atomic mass is 10.0. The van der Waals surface area contributed by atoms with Crippen LogP contribution < -0.4 is 5.32 Å². The molecule has 1 aliphatic heterocycles. The Kier molecular flexibility index (Phi) is 2.60. The first-order valence-corrected chi connectivity index (χ1v) is 7.31. The predicted molar refractivity (Wildman–Crippen MR) is 57.0 cm³/mol. The molecule has 0 radical (unpaired) electrons. The molecule has 1 aliphatic carbocycles. The molecule has 0 amide bonds. The molecule has 1 saturated heterocycles. The van der Waals surface area contributed by atoms with Gasteiger partial charge < -0.3 is 5.32 Å². The van der Waals surface area contributed by atoms with E-state index in [0.29, 0.717) is 16.9 Å². The molecule has 2 aliphatic rings. The van der Waals surface area contributed by atoms with Crippen molar-refractivity contribution in [3.05, 3.63) is 0 Å². The highest BCUT2D eigenvalue weighted by atomic mass is 32.2. The zero-order valence-electron chi connectivity index (χ0n) is 8.75. The molecule has 1 heterocycles. The van der Waals surface area contributed by atoms with Crippen LogP contribution in [0.5, 0.6) is 0 Å². The van der Waals surface area contributed by atoms with Gasteiger partial charge in [-0.1, -0.05) is 13.3 Å². The molecule has 2 fully saturated rings. The molecule has 0 atom stereocenters. The highest BCUT2D eigenvalue weighted by Crippen LogP contribution is 2.49. The zero-order chi connectivity index (χ0) is 10.2. The maximum atomic E-state index is 10.9. The quantitative estimate of drug-likeness (QED) is 0.746. The molecule has 0 bridgehead atoms. The smallest absolute Gasteiger partial charge is 0.153 e. The van der Waals surface area contributed by atoms with E-state index in [0.717, 1.165) is 6.54 Å². The molecule has 0 aromatic carbocycles. The average molecular weight is 217 g/mol. The number of rotatable bonds is 5. The number of hydrogen-bond acceptors (Lipinski definition) is 3. The molecule has 0 unspecified atom stereocenters. The van der Waals surface area contributed by atoms with E-state index in [1.54, 1.807) is 0 Å². The number of hydrogen-bond donors (Lipinski definition) is 1. The molecule has 0 spiro atoms. The van der Waals surface area contributed by atoms with Crippen molar-refractivity contribution >= 4 is 9.84 Å². The fourth-order valence-electron chi connectivity index (χ4n) is 2.27. The Balaban J connectivity index is 1.69. The van der Waals surface area contributed by atoms with E-state index in [4.69, 9.17) is 0 Å². The normalized spacial score (nSPS) is 28.4. The zero-order valence-corrected chi connectivity index (χ0v) is 9.57. The first-order valence-electron chi connectivity index (χ1n) is 5.49. The van der Waals surface area contributed by atoms with Gasteiger partial charge in [-0.2, -0.15) is 0 Å². The van der Waals surface area contributed by atoms with Crippen molar-refractivity contribution in [3.63, 3.8) is 0 Å². The molecule has 1 N–H and O–H groups in total. The predicted octanol–water partition coefficient (Wildman–Crippen LogP) is 0.953. The topological polar surface area (TPSA) is 46.2 Å². The third-order valence-corrected chi connectivity index (χ3v) is 5.23. The van der Waals surface area contributed by atoms with Crippen molar-refractivity contribution in [2.45, 2.75) is 38.6 Å². The summed E-state index contributed by atoms with van der Waals surface area (Å²) in [6, 6.07) is 0.245. The molecule has 1 saturated carbocycles. The van der Waals surface area contributed by atoms with Crippen LogP contribution in [0.4, 0.5) is 0 Å². The molecule has 3 nitrogen and oxygen atoms in total. The third kappa shape index (κ3) is 2.28. The third-order valence-electron chi connectivity index (χ3n) is 3.41. The molecular weight excluding hydrogens is 198 g/mol. The van der Waals surface area contributed by atoms with Crippen molar-refractivity contribution in [1.29, 1.82) is 0 Å². The van der Waals surface area contributed by atoms with Gasteiger partial charge in [0.15, 0.2) is 9.84 Å². The van der Waals surface area contributed by atoms with Crippen LogP contribution in [0.15, 0.2) is 0 Å². The van der Waals surface area contributed by atoms with Crippen LogP contribution in [0, 0.1) is 5.41 Å². The summed E-state index contributed by atoms with van der Waals surface area (Å²) in [5.74, 6) is 0.713. The van der Waals surface area contributed by atoms with Gasteiger partial charge in [-0.05, 0) is 24.7 Å². The lowest BCUT2D eigenvalue weighted by molar-refractivity contribution is 0.393. The summed E-state index contributed by atoms with van der Waals surface area (Å²) in [5.41, 5.74) is 0.536. The summed E-state index contributed by atoms with van der Waals surface area (Å²) >= 11 is 0. The van der Waals surface area contributed by atoms with E-state index >= 15 is 0 Å². The highest BCUT2D eigenvalue weighted by molar-refractivity contribution is 7.92. The van der Waals surface area contributed by atoms with E-state index in [-0.39, 0.29) is 6.04 Å². The molecule has 14 heavy (non-hydrogen) atoms. The fraction of sp³-hybridized carbons (Fsp3) is 1.00. The maximum Gasteiger partial charge on any atom is 0.153 e. The van der Waals surface area contributed by atoms with Gasteiger partial charge in [0.05, 0.1) is 11.5 Å². The number of nitrogens with one attached hydrogen (secondary N) is 1. The van der Waals surface area contributed by atoms with Gasteiger partial charge in [-0.3, -0.25) is 0 Å². The summed E-state index contributed by atoms with van der Waals surface area (Å²) < 4.78 is 21.8. The van der Waals surface area contributed by atoms with Crippen LogP contribution in [-0.2, 0) is 9.84 Å². The average Bonchev–Trinajstić information content (AvgIpc) is 2.79. The first-order chi connectivity index (χ1) is 6.55. The number of sulfone groups is 1. The minimum absolute atomic E-state index is 0.245. The summed E-state index contributed by atoms with van der Waals surface area (Å²) in [5, 5.41) is 3.38. The Morgan fingerprint density at radius 3 is 2.43 bits per heavy atom. The van der Waals surface area contributed by atoms with Crippen LogP contribution >= 0.6 is 0 Å². The van der Waals surface area contributed by atoms with Crippen LogP contribution in [-0.4, -0.2) is 32.5 Å². The van der Waals surface area contributed by atoms with Crippen molar-refractivity contribution < 1.29 is 8.42 Å². The van der Waals surface area contributed by atoms with Crippen molar-refractivity contribution in [3.8, 4) is 0 Å². The summed E-state index contributed by atoms with van der Waals surface area (Å²) in [6.07, 6.45) is 5.19. The minimum Gasteiger partial charge on any atom is -0.311 e. The van der Waals surface area contributed by atoms with Gasteiger partial charge in [0.25, 0.3) is 0 Å². The Morgan fingerprint density at radius 1 is 1.36 bits per heavy atom. The largest absolute Gasteiger partial charge is 0.311 e. The van der Waals surface area contributed by atoms with Crippen LogP contribution in [0.3, 0.4) is 0 Å². The maximum absolute atomic E-state index is 10.9. The monoisotopic (exact) mass is 217 g/mol. The van der Waals surface area contributed by atoms with Crippen LogP contribution in [0.1, 0.15) is 32.6 Å². The standard InChI is InChI=1S/C10H19NO2S/c1-2-3-10(4-5-10)8-11-9-6-14(12,13)7-9/h9,11H,2-8H2,1H3. The Labute approximate surface area is 86.2 Å². The Morgan fingerprint density at radius 2 is 2.00 bits per heavy atom. The van der Waals surface area contributed by atoms with Gasteiger partial charge >= 0.3 is 0 Å². The van der Waals surface area contributed by atoms with Gasteiger partial charge in [0.2, 0.25) is 0 Å². The molecule has 82 valence electrons. The van der Waals surface area contributed by atoms with Gasteiger partial charge in [-0.15, -0.1) is 0 Å². The van der Waals surface area contributed by atoms with Gasteiger partial charge in [-0.25, -0.2) is 8.42 Å². The van der Waals surface area contributed by atoms with E-state index in [2.05, 4.69) is 12.2 Å². The molecule has 0 aromatic rings. The van der Waals surface area contributed by atoms with E-state index in [9.17, 15) is 8.42 Å². The molecular formula is C10H19NO2S. The Bertz CT molecular complexity index is 294. The van der Waals surface area contributed by atoms with E-state index < -0.39 is 9.84 Å². The molecule has 4 heteroatoms. The second kappa shape index (κ2) is 3.49. The summed E-state index contributed by atoms with van der Waals surface area (Å²) in [7, 11) is -2.65. The fourth-order valence-corrected chi connectivity index (χ4v) is 3.63. The second-order valence-corrected chi connectivity index (χ2v) is 7.06. The minimum atomic E-state index is -2.65. The van der Waals surface area contributed by atoms with Gasteiger partial charge in [0, 0.05) is 12.6 Å². The lowest BCUT2D eigenvalue weighted by Gasteiger charge is -2.28. The summed E-state index contributed by atoms with van der Waals surface area (Å²) in [6.45, 7) is 3.24. The van der Waals surface area contributed by atoms with Crippen LogP contribution in [0.25, 0.3) is 0 Å². The molecule has 2 rings (SSSR count). The molecule has 0 aromatic heterocycles. The van der Waals surface area contributed by atoms with Crippen molar-refractivity contribution in [2.75, 3.05) is 18.1 Å². The highest BCUT2D eigenvalue weighted by Gasteiger charge is 2.43. The van der Waals surface area contributed by atoms with Crippen molar-refractivity contribution in [2.24, 2.45) is 5.41 Å².